The summed E-state index contributed by atoms with van der Waals surface area (Å²) in [6, 6.07) is 0. The van der Waals surface area contributed by atoms with Gasteiger partial charge < -0.3 is 9.84 Å². The van der Waals surface area contributed by atoms with Crippen LogP contribution < -0.4 is 0 Å². The summed E-state index contributed by atoms with van der Waals surface area (Å²) in [6.45, 7) is 0. The molecule has 0 saturated heterocycles. The van der Waals surface area contributed by atoms with Crippen molar-refractivity contribution < 1.29 is 14.6 Å². The normalized spacial score (nSPS) is 19.6. The van der Waals surface area contributed by atoms with Crippen LogP contribution in [0.5, 0.6) is 0 Å². The molecule has 2 rings (SSSR count). The molecule has 1 saturated carbocycles. The average molecular weight is 241 g/mol. The van der Waals surface area contributed by atoms with Crippen LogP contribution >= 0.6 is 11.3 Å². The van der Waals surface area contributed by atoms with E-state index in [4.69, 9.17) is 9.84 Å². The fourth-order valence-corrected chi connectivity index (χ4v) is 3.24. The summed E-state index contributed by atoms with van der Waals surface area (Å²) in [6.07, 6.45) is 5.35. The number of thiazole rings is 1. The molecule has 4 nitrogen and oxygen atoms in total. The van der Waals surface area contributed by atoms with Gasteiger partial charge in [0.05, 0.1) is 0 Å². The quantitative estimate of drug-likeness (QED) is 0.883. The Kier molecular flexibility index (Phi) is 3.25. The number of carboxylic acid groups (broad SMARTS) is 1. The van der Waals surface area contributed by atoms with E-state index in [0.717, 1.165) is 30.7 Å². The van der Waals surface area contributed by atoms with E-state index in [9.17, 15) is 4.79 Å². The fraction of sp³-hybridized carbons (Fsp3) is 0.636. The van der Waals surface area contributed by atoms with E-state index >= 15 is 0 Å². The fourth-order valence-electron chi connectivity index (χ4n) is 2.21. The summed E-state index contributed by atoms with van der Waals surface area (Å²) in [5.74, 6) is -0.968. The summed E-state index contributed by atoms with van der Waals surface area (Å²) in [7, 11) is 1.69. The minimum Gasteiger partial charge on any atom is -0.476 e. The van der Waals surface area contributed by atoms with Gasteiger partial charge >= 0.3 is 5.97 Å². The first kappa shape index (κ1) is 11.5. The topological polar surface area (TPSA) is 59.4 Å². The first-order valence-electron chi connectivity index (χ1n) is 5.42. The van der Waals surface area contributed by atoms with Crippen molar-refractivity contribution in [2.24, 2.45) is 0 Å². The van der Waals surface area contributed by atoms with Crippen molar-refractivity contribution in [2.75, 3.05) is 7.11 Å². The van der Waals surface area contributed by atoms with E-state index in [2.05, 4.69) is 4.98 Å². The van der Waals surface area contributed by atoms with Gasteiger partial charge in [0.1, 0.15) is 10.6 Å². The van der Waals surface area contributed by atoms with E-state index in [0.29, 0.717) is 0 Å². The molecule has 16 heavy (non-hydrogen) atoms. The third-order valence-electron chi connectivity index (χ3n) is 3.17. The highest BCUT2D eigenvalue weighted by Crippen LogP contribution is 2.41. The number of methoxy groups -OCH3 is 1. The van der Waals surface area contributed by atoms with Gasteiger partial charge in [0.2, 0.25) is 0 Å². The van der Waals surface area contributed by atoms with Crippen molar-refractivity contribution in [1.82, 2.24) is 4.98 Å². The second-order valence-electron chi connectivity index (χ2n) is 4.10. The first-order valence-corrected chi connectivity index (χ1v) is 6.30. The summed E-state index contributed by atoms with van der Waals surface area (Å²) in [5, 5.41) is 11.3. The number of ether oxygens (including phenoxy) is 1. The Hall–Kier alpha value is -0.940. The predicted molar refractivity (Wildman–Crippen MR) is 60.8 cm³/mol. The minimum atomic E-state index is -0.968. The van der Waals surface area contributed by atoms with E-state index < -0.39 is 5.97 Å². The number of carboxylic acids is 1. The maximum atomic E-state index is 10.8. The Labute approximate surface area is 98.3 Å². The van der Waals surface area contributed by atoms with Crippen LogP contribution in [0.25, 0.3) is 0 Å². The minimum absolute atomic E-state index is 0.127. The van der Waals surface area contributed by atoms with Crippen LogP contribution in [0, 0.1) is 0 Å². The highest BCUT2D eigenvalue weighted by Gasteiger charge is 2.37. The molecule has 0 bridgehead atoms. The molecule has 0 atom stereocenters. The number of carbonyl (C=O) groups is 1. The molecular formula is C11H15NO3S. The number of aromatic carboxylic acids is 1. The van der Waals surface area contributed by atoms with Crippen LogP contribution in [-0.2, 0) is 10.3 Å². The lowest BCUT2D eigenvalue weighted by atomic mass is 9.85. The van der Waals surface area contributed by atoms with E-state index in [1.807, 2.05) is 0 Å². The van der Waals surface area contributed by atoms with Gasteiger partial charge in [-0.05, 0) is 12.8 Å². The number of hydrogen-bond acceptors (Lipinski definition) is 4. The molecule has 1 aromatic heterocycles. The van der Waals surface area contributed by atoms with Gasteiger partial charge in [-0.15, -0.1) is 11.3 Å². The van der Waals surface area contributed by atoms with Gasteiger partial charge in [-0.3, -0.25) is 0 Å². The Bertz CT molecular complexity index is 382. The van der Waals surface area contributed by atoms with Gasteiger partial charge in [0.15, 0.2) is 5.69 Å². The maximum absolute atomic E-state index is 10.8. The zero-order chi connectivity index (χ0) is 11.6. The summed E-state index contributed by atoms with van der Waals surface area (Å²) in [4.78, 5) is 15.0. The van der Waals surface area contributed by atoms with E-state index in [1.165, 1.54) is 17.8 Å². The zero-order valence-electron chi connectivity index (χ0n) is 9.23. The third-order valence-corrected chi connectivity index (χ3v) is 4.19. The van der Waals surface area contributed by atoms with Crippen LogP contribution in [0.1, 0.15) is 47.6 Å². The lowest BCUT2D eigenvalue weighted by Crippen LogP contribution is -2.31. The molecule has 0 radical (unpaired) electrons. The first-order chi connectivity index (χ1) is 7.68. The molecule has 5 heteroatoms. The van der Waals surface area contributed by atoms with Crippen LogP contribution in [0.4, 0.5) is 0 Å². The van der Waals surface area contributed by atoms with Crippen LogP contribution in [0.15, 0.2) is 5.38 Å². The van der Waals surface area contributed by atoms with E-state index in [1.54, 1.807) is 12.5 Å². The molecule has 0 amide bonds. The highest BCUT2D eigenvalue weighted by molar-refractivity contribution is 7.10. The smallest absolute Gasteiger partial charge is 0.355 e. The van der Waals surface area contributed by atoms with Gasteiger partial charge in [0.25, 0.3) is 0 Å². The average Bonchev–Trinajstić information content (AvgIpc) is 2.80. The third kappa shape index (κ3) is 1.97. The maximum Gasteiger partial charge on any atom is 0.355 e. The summed E-state index contributed by atoms with van der Waals surface area (Å²) >= 11 is 1.39. The van der Waals surface area contributed by atoms with Crippen LogP contribution in [0.3, 0.4) is 0 Å². The van der Waals surface area contributed by atoms with Crippen LogP contribution in [-0.4, -0.2) is 23.2 Å². The summed E-state index contributed by atoms with van der Waals surface area (Å²) in [5.41, 5.74) is -0.210. The molecule has 1 aliphatic carbocycles. The number of nitrogens with zero attached hydrogens (tertiary/aromatic N) is 1. The molecule has 0 spiro atoms. The van der Waals surface area contributed by atoms with Crippen molar-refractivity contribution in [3.63, 3.8) is 0 Å². The van der Waals surface area contributed by atoms with Crippen molar-refractivity contribution >= 4 is 17.3 Å². The second kappa shape index (κ2) is 4.51. The standard InChI is InChI=1S/C11H15NO3S/c1-15-11(5-3-2-4-6-11)10-12-8(7-16-10)9(13)14/h7H,2-6H2,1H3,(H,13,14). The van der Waals surface area contributed by atoms with Crippen molar-refractivity contribution in [2.45, 2.75) is 37.7 Å². The van der Waals surface area contributed by atoms with Gasteiger partial charge in [-0.2, -0.15) is 0 Å². The van der Waals surface area contributed by atoms with Crippen molar-refractivity contribution in [1.29, 1.82) is 0 Å². The second-order valence-corrected chi connectivity index (χ2v) is 4.96. The van der Waals surface area contributed by atoms with Crippen molar-refractivity contribution in [3.05, 3.63) is 16.1 Å². The van der Waals surface area contributed by atoms with Crippen LogP contribution in [0.2, 0.25) is 0 Å². The van der Waals surface area contributed by atoms with Gasteiger partial charge in [-0.1, -0.05) is 19.3 Å². The van der Waals surface area contributed by atoms with Gasteiger partial charge in [0, 0.05) is 12.5 Å². The lowest BCUT2D eigenvalue weighted by Gasteiger charge is -2.33. The number of rotatable bonds is 3. The molecule has 0 unspecified atom stereocenters. The molecule has 0 aliphatic heterocycles. The monoisotopic (exact) mass is 241 g/mol. The number of aromatic nitrogens is 1. The Morgan fingerprint density at radius 3 is 2.69 bits per heavy atom. The lowest BCUT2D eigenvalue weighted by molar-refractivity contribution is -0.0446. The Morgan fingerprint density at radius 1 is 1.50 bits per heavy atom. The zero-order valence-corrected chi connectivity index (χ0v) is 10.0. The molecule has 0 aromatic carbocycles. The Balaban J connectivity index is 2.28. The molecule has 88 valence electrons. The predicted octanol–water partition coefficient (Wildman–Crippen LogP) is 2.65. The van der Waals surface area contributed by atoms with E-state index in [-0.39, 0.29) is 11.3 Å². The van der Waals surface area contributed by atoms with Crippen molar-refractivity contribution in [3.8, 4) is 0 Å². The molecule has 1 aromatic rings. The molecule has 1 aliphatic rings. The largest absolute Gasteiger partial charge is 0.476 e. The molecule has 1 N–H and O–H groups in total. The van der Waals surface area contributed by atoms with Gasteiger partial charge in [-0.25, -0.2) is 9.78 Å². The SMILES string of the molecule is COC1(c2nc(C(=O)O)cs2)CCCCC1. The Morgan fingerprint density at radius 2 is 2.19 bits per heavy atom. The molecular weight excluding hydrogens is 226 g/mol. The summed E-state index contributed by atoms with van der Waals surface area (Å²) < 4.78 is 5.61. The highest BCUT2D eigenvalue weighted by atomic mass is 32.1. The molecule has 1 heterocycles. The number of hydrogen-bond donors (Lipinski definition) is 1. The molecule has 1 fully saturated rings.